The van der Waals surface area contributed by atoms with Gasteiger partial charge in [-0.05, 0) is 50.0 Å². The van der Waals surface area contributed by atoms with Crippen molar-refractivity contribution in [1.29, 1.82) is 0 Å². The average Bonchev–Trinajstić information content (AvgIpc) is 2.66. The molecule has 4 heteroatoms. The molecule has 0 aromatic heterocycles. The second-order valence-corrected chi connectivity index (χ2v) is 9.57. The summed E-state index contributed by atoms with van der Waals surface area (Å²) in [4.78, 5) is 4.49. The minimum atomic E-state index is -0.440. The lowest BCUT2D eigenvalue weighted by Gasteiger charge is -2.46. The highest BCUT2D eigenvalue weighted by Gasteiger charge is 2.39. The Morgan fingerprint density at radius 3 is 2.56 bits per heavy atom. The standard InChI is InChI=1S/C21H39ClN2O/c1-3-16(17-8-5-4-6-9-17)14-23(2)21(25)24-13-12-18-10-7-11-20(22)19(18)15-24/h16-21,25H,3-15H2,1-2H3. The molecular formula is C21H39ClN2O. The molecule has 0 aromatic rings. The van der Waals surface area contributed by atoms with Gasteiger partial charge in [-0.3, -0.25) is 9.80 Å². The molecule has 2 aliphatic carbocycles. The van der Waals surface area contributed by atoms with Gasteiger partial charge in [0.05, 0.1) is 0 Å². The smallest absolute Gasteiger partial charge is 0.165 e. The first-order valence-electron chi connectivity index (χ1n) is 10.9. The molecule has 25 heavy (non-hydrogen) atoms. The Kier molecular flexibility index (Phi) is 7.48. The predicted molar refractivity (Wildman–Crippen MR) is 106 cm³/mol. The van der Waals surface area contributed by atoms with E-state index in [4.69, 9.17) is 11.6 Å². The van der Waals surface area contributed by atoms with Crippen LogP contribution in [-0.4, -0.2) is 53.3 Å². The van der Waals surface area contributed by atoms with Gasteiger partial charge in [0.1, 0.15) is 0 Å². The molecule has 1 heterocycles. The monoisotopic (exact) mass is 370 g/mol. The highest BCUT2D eigenvalue weighted by atomic mass is 35.5. The molecule has 0 bridgehead atoms. The normalized spacial score (nSPS) is 34.7. The summed E-state index contributed by atoms with van der Waals surface area (Å²) in [6, 6.07) is 0. The predicted octanol–water partition coefficient (Wildman–Crippen LogP) is 4.53. The van der Waals surface area contributed by atoms with Crippen LogP contribution in [0.1, 0.15) is 71.1 Å². The molecule has 5 unspecified atom stereocenters. The van der Waals surface area contributed by atoms with Crippen molar-refractivity contribution in [1.82, 2.24) is 9.80 Å². The van der Waals surface area contributed by atoms with Crippen molar-refractivity contribution in [3.05, 3.63) is 0 Å². The number of fused-ring (bicyclic) bond motifs is 1. The van der Waals surface area contributed by atoms with Gasteiger partial charge in [-0.2, -0.15) is 0 Å². The van der Waals surface area contributed by atoms with Crippen LogP contribution in [0.5, 0.6) is 0 Å². The van der Waals surface area contributed by atoms with Crippen LogP contribution in [0.2, 0.25) is 0 Å². The lowest BCUT2D eigenvalue weighted by atomic mass is 9.75. The van der Waals surface area contributed by atoms with E-state index in [-0.39, 0.29) is 0 Å². The largest absolute Gasteiger partial charge is 0.365 e. The van der Waals surface area contributed by atoms with Crippen LogP contribution in [0.4, 0.5) is 0 Å². The second kappa shape index (κ2) is 9.39. The third-order valence-electron chi connectivity index (χ3n) is 7.44. The number of hydrogen-bond donors (Lipinski definition) is 1. The Labute approximate surface area is 160 Å². The van der Waals surface area contributed by atoms with Crippen molar-refractivity contribution in [2.75, 3.05) is 26.7 Å². The third kappa shape index (κ3) is 4.91. The molecular weight excluding hydrogens is 332 g/mol. The van der Waals surface area contributed by atoms with Gasteiger partial charge in [0.25, 0.3) is 0 Å². The zero-order valence-electron chi connectivity index (χ0n) is 16.4. The second-order valence-electron chi connectivity index (χ2n) is 9.01. The van der Waals surface area contributed by atoms with Crippen LogP contribution >= 0.6 is 11.6 Å². The van der Waals surface area contributed by atoms with E-state index < -0.39 is 6.35 Å². The summed E-state index contributed by atoms with van der Waals surface area (Å²) in [7, 11) is 2.11. The lowest BCUT2D eigenvalue weighted by molar-refractivity contribution is -0.130. The van der Waals surface area contributed by atoms with Crippen LogP contribution in [0.25, 0.3) is 0 Å². The number of rotatable bonds is 6. The molecule has 0 amide bonds. The van der Waals surface area contributed by atoms with Gasteiger partial charge in [0, 0.05) is 25.0 Å². The molecule has 5 atom stereocenters. The average molecular weight is 371 g/mol. The van der Waals surface area contributed by atoms with Crippen molar-refractivity contribution in [2.45, 2.75) is 82.9 Å². The molecule has 2 saturated carbocycles. The summed E-state index contributed by atoms with van der Waals surface area (Å²) < 4.78 is 0. The van der Waals surface area contributed by atoms with Crippen LogP contribution < -0.4 is 0 Å². The number of aliphatic hydroxyl groups excluding tert-OH is 1. The van der Waals surface area contributed by atoms with Crippen LogP contribution in [-0.2, 0) is 0 Å². The first-order valence-corrected chi connectivity index (χ1v) is 11.3. The topological polar surface area (TPSA) is 26.7 Å². The molecule has 3 aliphatic rings. The lowest BCUT2D eigenvalue weighted by Crippen LogP contribution is -2.55. The molecule has 1 N–H and O–H groups in total. The van der Waals surface area contributed by atoms with Crippen LogP contribution in [0, 0.1) is 23.7 Å². The molecule has 0 radical (unpaired) electrons. The van der Waals surface area contributed by atoms with Gasteiger partial charge < -0.3 is 5.11 Å². The summed E-state index contributed by atoms with van der Waals surface area (Å²) in [6.45, 7) is 5.35. The first-order chi connectivity index (χ1) is 12.1. The van der Waals surface area contributed by atoms with Crippen LogP contribution in [0.3, 0.4) is 0 Å². The fraction of sp³-hybridized carbons (Fsp3) is 1.00. The van der Waals surface area contributed by atoms with E-state index in [9.17, 15) is 5.11 Å². The van der Waals surface area contributed by atoms with Gasteiger partial charge in [0.2, 0.25) is 0 Å². The Hall–Kier alpha value is 0.170. The maximum Gasteiger partial charge on any atom is 0.165 e. The van der Waals surface area contributed by atoms with Gasteiger partial charge in [-0.15, -0.1) is 11.6 Å². The minimum absolute atomic E-state index is 0.310. The van der Waals surface area contributed by atoms with E-state index in [0.29, 0.717) is 11.3 Å². The Morgan fingerprint density at radius 2 is 1.84 bits per heavy atom. The Balaban J connectivity index is 1.53. The SMILES string of the molecule is CCC(CN(C)C(O)N1CCC2CCCC(Cl)C2C1)C1CCCCC1. The summed E-state index contributed by atoms with van der Waals surface area (Å²) in [5.41, 5.74) is 0. The van der Waals surface area contributed by atoms with Crippen molar-refractivity contribution >= 4 is 11.6 Å². The first kappa shape index (κ1) is 19.9. The zero-order valence-corrected chi connectivity index (χ0v) is 17.1. The maximum atomic E-state index is 11.0. The number of aliphatic hydroxyl groups is 1. The van der Waals surface area contributed by atoms with Gasteiger partial charge in [0.15, 0.2) is 6.35 Å². The van der Waals surface area contributed by atoms with Crippen LogP contribution in [0.15, 0.2) is 0 Å². The van der Waals surface area contributed by atoms with E-state index in [1.807, 2.05) is 0 Å². The number of hydrogen-bond acceptors (Lipinski definition) is 3. The number of alkyl halides is 1. The molecule has 3 rings (SSSR count). The number of piperidine rings is 1. The van der Waals surface area contributed by atoms with E-state index in [0.717, 1.165) is 43.8 Å². The van der Waals surface area contributed by atoms with Crippen molar-refractivity contribution in [2.24, 2.45) is 23.7 Å². The highest BCUT2D eigenvalue weighted by molar-refractivity contribution is 6.20. The summed E-state index contributed by atoms with van der Waals surface area (Å²) in [5, 5.41) is 11.3. The summed E-state index contributed by atoms with van der Waals surface area (Å²) in [5.74, 6) is 2.96. The van der Waals surface area contributed by atoms with Crippen molar-refractivity contribution in [3.8, 4) is 0 Å². The number of likely N-dealkylation sites (tertiary alicyclic amines) is 1. The van der Waals surface area contributed by atoms with Gasteiger partial charge in [-0.1, -0.05) is 51.9 Å². The van der Waals surface area contributed by atoms with E-state index >= 15 is 0 Å². The Bertz CT molecular complexity index is 401. The highest BCUT2D eigenvalue weighted by Crippen LogP contribution is 2.39. The molecule has 1 saturated heterocycles. The molecule has 146 valence electrons. The molecule has 1 aliphatic heterocycles. The fourth-order valence-corrected chi connectivity index (χ4v) is 6.22. The van der Waals surface area contributed by atoms with Crippen molar-refractivity contribution in [3.63, 3.8) is 0 Å². The van der Waals surface area contributed by atoms with Gasteiger partial charge in [-0.25, -0.2) is 0 Å². The molecule has 0 aromatic carbocycles. The number of halogens is 1. The number of nitrogens with zero attached hydrogens (tertiary/aromatic N) is 2. The molecule has 3 fully saturated rings. The molecule has 3 nitrogen and oxygen atoms in total. The van der Waals surface area contributed by atoms with Gasteiger partial charge >= 0.3 is 0 Å². The van der Waals surface area contributed by atoms with E-state index in [2.05, 4.69) is 23.8 Å². The maximum absolute atomic E-state index is 11.0. The summed E-state index contributed by atoms with van der Waals surface area (Å²) >= 11 is 6.63. The fourth-order valence-electron chi connectivity index (χ4n) is 5.78. The quantitative estimate of drug-likeness (QED) is 0.549. The third-order valence-corrected chi connectivity index (χ3v) is 7.98. The molecule has 0 spiro atoms. The zero-order chi connectivity index (χ0) is 17.8. The Morgan fingerprint density at radius 1 is 1.08 bits per heavy atom. The van der Waals surface area contributed by atoms with E-state index in [1.54, 1.807) is 0 Å². The van der Waals surface area contributed by atoms with E-state index in [1.165, 1.54) is 57.8 Å². The minimum Gasteiger partial charge on any atom is -0.365 e. The van der Waals surface area contributed by atoms with Crippen molar-refractivity contribution < 1.29 is 5.11 Å². The summed E-state index contributed by atoms with van der Waals surface area (Å²) in [6.07, 6.45) is 12.8.